The summed E-state index contributed by atoms with van der Waals surface area (Å²) in [7, 11) is 0. The first-order valence-electron chi connectivity index (χ1n) is 24.9. The monoisotopic (exact) mass is 793 g/mol. The standard InChI is InChI=1S/C50H96O6/c1-5-7-9-11-13-15-21-26-30-34-38-42-49(52)55-45-47(44-54-48(51)41-37-33-29-24-14-12-10-8-6-2)56-50(53)43-39-35-31-27-23-20-18-16-17-19-22-25-28-32-36-40-46(3)4/h46-47H,5-45H2,1-4H3/t47-/m1/s1. The lowest BCUT2D eigenvalue weighted by molar-refractivity contribution is -0.167. The van der Waals surface area contributed by atoms with Gasteiger partial charge in [-0.05, 0) is 25.2 Å². The summed E-state index contributed by atoms with van der Waals surface area (Å²) in [6, 6.07) is 0. The van der Waals surface area contributed by atoms with Crippen molar-refractivity contribution in [1.29, 1.82) is 0 Å². The van der Waals surface area contributed by atoms with Crippen LogP contribution < -0.4 is 0 Å². The van der Waals surface area contributed by atoms with Gasteiger partial charge in [0.1, 0.15) is 13.2 Å². The number of carbonyl (C=O) groups excluding carboxylic acids is 3. The molecule has 0 saturated heterocycles. The van der Waals surface area contributed by atoms with Gasteiger partial charge in [0.15, 0.2) is 6.10 Å². The molecule has 0 saturated carbocycles. The van der Waals surface area contributed by atoms with Gasteiger partial charge >= 0.3 is 17.9 Å². The third kappa shape index (κ3) is 43.5. The summed E-state index contributed by atoms with van der Waals surface area (Å²) in [5.41, 5.74) is 0. The molecule has 0 aliphatic rings. The number of ether oxygens (including phenoxy) is 3. The molecule has 0 spiro atoms. The molecule has 0 unspecified atom stereocenters. The summed E-state index contributed by atoms with van der Waals surface area (Å²) >= 11 is 0. The number of hydrogen-bond donors (Lipinski definition) is 0. The summed E-state index contributed by atoms with van der Waals surface area (Å²) in [4.78, 5) is 37.8. The molecule has 0 rings (SSSR count). The molecule has 0 aromatic carbocycles. The van der Waals surface area contributed by atoms with Gasteiger partial charge in [-0.2, -0.15) is 0 Å². The topological polar surface area (TPSA) is 78.9 Å². The van der Waals surface area contributed by atoms with Crippen LogP contribution in [0.2, 0.25) is 0 Å². The molecule has 0 aliphatic heterocycles. The first-order chi connectivity index (χ1) is 27.4. The Balaban J connectivity index is 4.24. The highest BCUT2D eigenvalue weighted by atomic mass is 16.6. The SMILES string of the molecule is CCCCCCCCCCCCCC(=O)OC[C@@H](COC(=O)CCCCCCCCCCC)OC(=O)CCCCCCCCCCCCCCCCCC(C)C. The highest BCUT2D eigenvalue weighted by molar-refractivity contribution is 5.71. The zero-order chi connectivity index (χ0) is 41.0. The number of esters is 3. The van der Waals surface area contributed by atoms with Gasteiger partial charge in [0.05, 0.1) is 0 Å². The van der Waals surface area contributed by atoms with Crippen LogP contribution in [0.25, 0.3) is 0 Å². The van der Waals surface area contributed by atoms with Gasteiger partial charge in [0.2, 0.25) is 0 Å². The lowest BCUT2D eigenvalue weighted by atomic mass is 10.0. The minimum atomic E-state index is -0.759. The predicted molar refractivity (Wildman–Crippen MR) is 238 cm³/mol. The van der Waals surface area contributed by atoms with E-state index in [1.807, 2.05) is 0 Å². The highest BCUT2D eigenvalue weighted by Gasteiger charge is 2.19. The molecular weight excluding hydrogens is 697 g/mol. The Bertz CT molecular complexity index is 841. The Hall–Kier alpha value is -1.59. The van der Waals surface area contributed by atoms with Crippen molar-refractivity contribution in [2.45, 2.75) is 284 Å². The molecule has 0 aliphatic carbocycles. The van der Waals surface area contributed by atoms with E-state index in [1.54, 1.807) is 0 Å². The van der Waals surface area contributed by atoms with Gasteiger partial charge in [-0.1, -0.05) is 240 Å². The summed E-state index contributed by atoms with van der Waals surface area (Å²) in [6.07, 6.45) is 45.2. The molecule has 0 N–H and O–H groups in total. The van der Waals surface area contributed by atoms with Crippen LogP contribution in [0.3, 0.4) is 0 Å². The van der Waals surface area contributed by atoms with E-state index in [0.717, 1.165) is 63.7 Å². The van der Waals surface area contributed by atoms with Crippen molar-refractivity contribution in [1.82, 2.24) is 0 Å². The molecule has 0 amide bonds. The second-order valence-electron chi connectivity index (χ2n) is 17.6. The predicted octanol–water partition coefficient (Wildman–Crippen LogP) is 15.9. The van der Waals surface area contributed by atoms with E-state index >= 15 is 0 Å². The summed E-state index contributed by atoms with van der Waals surface area (Å²) in [5.74, 6) is -0.00236. The van der Waals surface area contributed by atoms with Crippen molar-refractivity contribution in [3.63, 3.8) is 0 Å². The van der Waals surface area contributed by atoms with E-state index in [4.69, 9.17) is 14.2 Å². The Kier molecular flexibility index (Phi) is 43.2. The lowest BCUT2D eigenvalue weighted by Crippen LogP contribution is -2.30. The molecule has 0 radical (unpaired) electrons. The second kappa shape index (κ2) is 44.5. The Morgan fingerprint density at radius 1 is 0.339 bits per heavy atom. The number of unbranched alkanes of at least 4 members (excludes halogenated alkanes) is 32. The van der Waals surface area contributed by atoms with Crippen molar-refractivity contribution in [2.75, 3.05) is 13.2 Å². The van der Waals surface area contributed by atoms with Gasteiger partial charge < -0.3 is 14.2 Å². The molecule has 6 nitrogen and oxygen atoms in total. The summed E-state index contributed by atoms with van der Waals surface area (Å²) in [6.45, 7) is 9.01. The molecular formula is C50H96O6. The fourth-order valence-electron chi connectivity index (χ4n) is 7.51. The van der Waals surface area contributed by atoms with E-state index in [-0.39, 0.29) is 31.1 Å². The minimum absolute atomic E-state index is 0.0631. The van der Waals surface area contributed by atoms with Gasteiger partial charge in [-0.15, -0.1) is 0 Å². The lowest BCUT2D eigenvalue weighted by Gasteiger charge is -2.18. The number of rotatable bonds is 45. The fraction of sp³-hybridized carbons (Fsp3) is 0.940. The van der Waals surface area contributed by atoms with Crippen molar-refractivity contribution < 1.29 is 28.6 Å². The van der Waals surface area contributed by atoms with Gasteiger partial charge in [-0.3, -0.25) is 14.4 Å². The van der Waals surface area contributed by atoms with Gasteiger partial charge in [0.25, 0.3) is 0 Å². The first-order valence-corrected chi connectivity index (χ1v) is 24.9. The average Bonchev–Trinajstić information content (AvgIpc) is 3.18. The maximum absolute atomic E-state index is 12.8. The van der Waals surface area contributed by atoms with Crippen molar-refractivity contribution in [3.05, 3.63) is 0 Å². The molecule has 56 heavy (non-hydrogen) atoms. The van der Waals surface area contributed by atoms with Crippen molar-refractivity contribution in [3.8, 4) is 0 Å². The van der Waals surface area contributed by atoms with Crippen molar-refractivity contribution in [2.24, 2.45) is 5.92 Å². The Morgan fingerprint density at radius 2 is 0.589 bits per heavy atom. The molecule has 0 aromatic rings. The molecule has 0 heterocycles. The van der Waals surface area contributed by atoms with E-state index in [1.165, 1.54) is 173 Å². The minimum Gasteiger partial charge on any atom is -0.462 e. The normalized spacial score (nSPS) is 11.9. The second-order valence-corrected chi connectivity index (χ2v) is 17.6. The van der Waals surface area contributed by atoms with E-state index in [9.17, 15) is 14.4 Å². The van der Waals surface area contributed by atoms with Crippen LogP contribution in [-0.4, -0.2) is 37.2 Å². The third-order valence-corrected chi connectivity index (χ3v) is 11.3. The van der Waals surface area contributed by atoms with Crippen LogP contribution in [0.5, 0.6) is 0 Å². The Labute approximate surface area is 348 Å². The van der Waals surface area contributed by atoms with Crippen LogP contribution in [0.1, 0.15) is 278 Å². The third-order valence-electron chi connectivity index (χ3n) is 11.3. The molecule has 1 atom stereocenters. The van der Waals surface area contributed by atoms with Crippen molar-refractivity contribution >= 4 is 17.9 Å². The Morgan fingerprint density at radius 3 is 0.875 bits per heavy atom. The van der Waals surface area contributed by atoms with Crippen LogP contribution in [0.15, 0.2) is 0 Å². The largest absolute Gasteiger partial charge is 0.462 e. The highest BCUT2D eigenvalue weighted by Crippen LogP contribution is 2.17. The average molecular weight is 793 g/mol. The quantitative estimate of drug-likeness (QED) is 0.0347. The van der Waals surface area contributed by atoms with Crippen LogP contribution in [-0.2, 0) is 28.6 Å². The molecule has 0 fully saturated rings. The van der Waals surface area contributed by atoms with E-state index in [0.29, 0.717) is 19.3 Å². The first kappa shape index (κ1) is 54.4. The maximum Gasteiger partial charge on any atom is 0.306 e. The van der Waals surface area contributed by atoms with Crippen LogP contribution in [0, 0.1) is 5.92 Å². The number of carbonyl (C=O) groups is 3. The fourth-order valence-corrected chi connectivity index (χ4v) is 7.51. The molecule has 6 heteroatoms. The maximum atomic E-state index is 12.8. The zero-order valence-electron chi connectivity index (χ0n) is 38.1. The zero-order valence-corrected chi connectivity index (χ0v) is 38.1. The molecule has 0 bridgehead atoms. The van der Waals surface area contributed by atoms with E-state index in [2.05, 4.69) is 27.7 Å². The molecule has 332 valence electrons. The summed E-state index contributed by atoms with van der Waals surface area (Å²) in [5, 5.41) is 0. The van der Waals surface area contributed by atoms with Gasteiger partial charge in [0, 0.05) is 19.3 Å². The molecule has 0 aromatic heterocycles. The van der Waals surface area contributed by atoms with E-state index < -0.39 is 6.10 Å². The number of hydrogen-bond acceptors (Lipinski definition) is 6. The summed E-state index contributed by atoms with van der Waals surface area (Å²) < 4.78 is 16.7. The smallest absolute Gasteiger partial charge is 0.306 e. The van der Waals surface area contributed by atoms with Gasteiger partial charge in [-0.25, -0.2) is 0 Å². The van der Waals surface area contributed by atoms with Crippen LogP contribution in [0.4, 0.5) is 0 Å². The van der Waals surface area contributed by atoms with Crippen LogP contribution >= 0.6 is 0 Å².